The fourth-order valence-corrected chi connectivity index (χ4v) is 4.04. The minimum atomic E-state index is -0.210. The lowest BCUT2D eigenvalue weighted by Gasteiger charge is -2.34. The lowest BCUT2D eigenvalue weighted by atomic mass is 9.68. The normalized spacial score (nSPS) is 17.7. The van der Waals surface area contributed by atoms with Crippen LogP contribution in [0.1, 0.15) is 40.9 Å². The summed E-state index contributed by atoms with van der Waals surface area (Å²) in [5.41, 5.74) is 5.82. The molecule has 116 valence electrons. The first-order valence-electron chi connectivity index (χ1n) is 7.69. The van der Waals surface area contributed by atoms with Gasteiger partial charge >= 0.3 is 0 Å². The zero-order valence-corrected chi connectivity index (χ0v) is 14.1. The van der Waals surface area contributed by atoms with Gasteiger partial charge < -0.3 is 4.74 Å². The monoisotopic (exact) mass is 324 g/mol. The van der Waals surface area contributed by atoms with Crippen molar-refractivity contribution < 1.29 is 9.53 Å². The highest BCUT2D eigenvalue weighted by atomic mass is 35.5. The maximum atomic E-state index is 13.1. The fourth-order valence-electron chi connectivity index (χ4n) is 3.85. The third kappa shape index (κ3) is 1.91. The zero-order valence-electron chi connectivity index (χ0n) is 13.4. The van der Waals surface area contributed by atoms with Gasteiger partial charge in [-0.1, -0.05) is 31.5 Å². The maximum Gasteiger partial charge on any atom is 0.193 e. The molecule has 2 aliphatic carbocycles. The summed E-state index contributed by atoms with van der Waals surface area (Å²) in [5, 5.41) is 0.716. The number of ether oxygens (including phenoxy) is 1. The van der Waals surface area contributed by atoms with Gasteiger partial charge in [0.25, 0.3) is 0 Å². The lowest BCUT2D eigenvalue weighted by molar-refractivity contribution is 0.105. The molecule has 4 rings (SSSR count). The first kappa shape index (κ1) is 14.5. The van der Waals surface area contributed by atoms with E-state index in [4.69, 9.17) is 16.3 Å². The molecule has 0 saturated carbocycles. The van der Waals surface area contributed by atoms with Crippen molar-refractivity contribution in [2.24, 2.45) is 0 Å². The number of fused-ring (bicyclic) bond motifs is 3. The van der Waals surface area contributed by atoms with Gasteiger partial charge in [0, 0.05) is 21.6 Å². The van der Waals surface area contributed by atoms with Crippen LogP contribution in [0.25, 0.3) is 5.57 Å². The summed E-state index contributed by atoms with van der Waals surface area (Å²) in [6, 6.07) is 11.5. The highest BCUT2D eigenvalue weighted by molar-refractivity contribution is 6.34. The average Bonchev–Trinajstić information content (AvgIpc) is 2.92. The molecule has 0 aromatic heterocycles. The molecule has 2 aromatic carbocycles. The van der Waals surface area contributed by atoms with Crippen LogP contribution in [0, 0.1) is 0 Å². The van der Waals surface area contributed by atoms with Crippen molar-refractivity contribution in [2.75, 3.05) is 7.11 Å². The van der Waals surface area contributed by atoms with E-state index in [0.717, 1.165) is 40.0 Å². The molecular weight excluding hydrogens is 308 g/mol. The number of benzene rings is 2. The first-order valence-corrected chi connectivity index (χ1v) is 8.07. The van der Waals surface area contributed by atoms with Crippen LogP contribution in [0.15, 0.2) is 42.0 Å². The Hall–Kier alpha value is -2.06. The van der Waals surface area contributed by atoms with E-state index < -0.39 is 0 Å². The van der Waals surface area contributed by atoms with Crippen molar-refractivity contribution in [1.29, 1.82) is 0 Å². The van der Waals surface area contributed by atoms with Crippen LogP contribution < -0.4 is 4.74 Å². The smallest absolute Gasteiger partial charge is 0.193 e. The maximum absolute atomic E-state index is 13.1. The summed E-state index contributed by atoms with van der Waals surface area (Å²) in [4.78, 5) is 13.1. The molecule has 0 radical (unpaired) electrons. The molecule has 0 bridgehead atoms. The summed E-state index contributed by atoms with van der Waals surface area (Å²) in [6.07, 6.45) is 0.778. The predicted molar refractivity (Wildman–Crippen MR) is 92.4 cm³/mol. The standard InChI is InChI=1S/C20H17ClO2/c1-20(2)16-10-13(23-3)5-7-15(16)19(22)18-14-6-4-12(21)8-11(14)9-17(18)20/h4-8,10H,9H2,1-3H3. The van der Waals surface area contributed by atoms with Crippen LogP contribution in [-0.2, 0) is 11.8 Å². The van der Waals surface area contributed by atoms with Gasteiger partial charge in [-0.3, -0.25) is 4.79 Å². The van der Waals surface area contributed by atoms with Gasteiger partial charge in [0.2, 0.25) is 0 Å². The Morgan fingerprint density at radius 2 is 1.83 bits per heavy atom. The molecule has 0 fully saturated rings. The van der Waals surface area contributed by atoms with Gasteiger partial charge in [0.15, 0.2) is 5.78 Å². The van der Waals surface area contributed by atoms with Gasteiger partial charge in [-0.05, 0) is 59.0 Å². The van der Waals surface area contributed by atoms with E-state index >= 15 is 0 Å². The highest BCUT2D eigenvalue weighted by Crippen LogP contribution is 2.50. The minimum absolute atomic E-state index is 0.109. The largest absolute Gasteiger partial charge is 0.497 e. The number of halogens is 1. The summed E-state index contributed by atoms with van der Waals surface area (Å²) in [5.74, 6) is 0.894. The van der Waals surface area contributed by atoms with Gasteiger partial charge in [-0.25, -0.2) is 0 Å². The predicted octanol–water partition coefficient (Wildman–Crippen LogP) is 4.83. The minimum Gasteiger partial charge on any atom is -0.497 e. The summed E-state index contributed by atoms with van der Waals surface area (Å²) in [7, 11) is 1.65. The molecule has 0 saturated heterocycles. The number of carbonyl (C=O) groups excluding carboxylic acids is 1. The third-order valence-electron chi connectivity index (χ3n) is 5.13. The Labute approximate surface area is 140 Å². The van der Waals surface area contributed by atoms with E-state index in [1.165, 1.54) is 5.57 Å². The molecule has 3 heteroatoms. The van der Waals surface area contributed by atoms with Gasteiger partial charge in [-0.15, -0.1) is 0 Å². The second-order valence-electron chi connectivity index (χ2n) is 6.70. The lowest BCUT2D eigenvalue weighted by Crippen LogP contribution is -2.29. The third-order valence-corrected chi connectivity index (χ3v) is 5.37. The number of Topliss-reactive ketones (excluding diaryl/α,β-unsaturated/α-hetero) is 1. The van der Waals surface area contributed by atoms with Gasteiger partial charge in [0.1, 0.15) is 5.75 Å². The van der Waals surface area contributed by atoms with Gasteiger partial charge in [0.05, 0.1) is 7.11 Å². The van der Waals surface area contributed by atoms with Crippen molar-refractivity contribution in [2.45, 2.75) is 25.7 Å². The van der Waals surface area contributed by atoms with Crippen LogP contribution in [-0.4, -0.2) is 12.9 Å². The van der Waals surface area contributed by atoms with E-state index in [9.17, 15) is 4.79 Å². The topological polar surface area (TPSA) is 26.3 Å². The second-order valence-corrected chi connectivity index (χ2v) is 7.13. The first-order chi connectivity index (χ1) is 10.9. The molecule has 0 heterocycles. The molecule has 2 aliphatic rings. The number of carbonyl (C=O) groups is 1. The van der Waals surface area contributed by atoms with Crippen molar-refractivity contribution in [1.82, 2.24) is 0 Å². The Morgan fingerprint density at radius 3 is 2.57 bits per heavy atom. The van der Waals surface area contributed by atoms with Crippen molar-refractivity contribution >= 4 is 23.0 Å². The van der Waals surface area contributed by atoms with E-state index in [0.29, 0.717) is 5.02 Å². The molecule has 0 amide bonds. The number of hydrogen-bond acceptors (Lipinski definition) is 2. The summed E-state index contributed by atoms with van der Waals surface area (Å²) >= 11 is 6.14. The highest BCUT2D eigenvalue weighted by Gasteiger charge is 2.42. The summed E-state index contributed by atoms with van der Waals surface area (Å²) in [6.45, 7) is 4.36. The average molecular weight is 325 g/mol. The molecule has 23 heavy (non-hydrogen) atoms. The Balaban J connectivity index is 1.96. The molecular formula is C20H17ClO2. The molecule has 2 nitrogen and oxygen atoms in total. The molecule has 0 aliphatic heterocycles. The molecule has 2 aromatic rings. The molecule has 0 spiro atoms. The summed E-state index contributed by atoms with van der Waals surface area (Å²) < 4.78 is 5.35. The Kier molecular flexibility index (Phi) is 2.98. The second kappa shape index (κ2) is 4.72. The molecule has 0 unspecified atom stereocenters. The number of hydrogen-bond donors (Lipinski definition) is 0. The number of methoxy groups -OCH3 is 1. The van der Waals surface area contributed by atoms with E-state index in [1.54, 1.807) is 7.11 Å². The van der Waals surface area contributed by atoms with Crippen LogP contribution in [0.2, 0.25) is 5.02 Å². The number of ketones is 1. The molecule has 0 N–H and O–H groups in total. The van der Waals surface area contributed by atoms with Crippen molar-refractivity contribution in [3.05, 3.63) is 69.2 Å². The Bertz CT molecular complexity index is 891. The molecule has 0 atom stereocenters. The quantitative estimate of drug-likeness (QED) is 0.750. The van der Waals surface area contributed by atoms with Crippen molar-refractivity contribution in [3.8, 4) is 5.75 Å². The number of allylic oxidation sites excluding steroid dienone is 2. The van der Waals surface area contributed by atoms with Crippen LogP contribution in [0.5, 0.6) is 5.75 Å². The van der Waals surface area contributed by atoms with E-state index in [-0.39, 0.29) is 11.2 Å². The fraction of sp³-hybridized carbons (Fsp3) is 0.250. The van der Waals surface area contributed by atoms with Gasteiger partial charge in [-0.2, -0.15) is 0 Å². The SMILES string of the molecule is COc1ccc2c(c1)C(C)(C)C1=C(C2=O)c2ccc(Cl)cc2C1. The number of rotatable bonds is 1. The Morgan fingerprint density at radius 1 is 1.09 bits per heavy atom. The zero-order chi connectivity index (χ0) is 16.4. The van der Waals surface area contributed by atoms with Crippen LogP contribution in [0.3, 0.4) is 0 Å². The van der Waals surface area contributed by atoms with Crippen LogP contribution >= 0.6 is 11.6 Å². The van der Waals surface area contributed by atoms with E-state index in [2.05, 4.69) is 13.8 Å². The van der Waals surface area contributed by atoms with E-state index in [1.807, 2.05) is 36.4 Å². The van der Waals surface area contributed by atoms with Crippen LogP contribution in [0.4, 0.5) is 0 Å². The van der Waals surface area contributed by atoms with Crippen molar-refractivity contribution in [3.63, 3.8) is 0 Å².